The molecule has 0 spiro atoms. The lowest BCUT2D eigenvalue weighted by Gasteiger charge is -2.17. The van der Waals surface area contributed by atoms with Gasteiger partial charge < -0.3 is 19.6 Å². The SMILES string of the molecule is CC(=O)OC[C@@H]1OC(n2cnc3c(NN)ncnc32)C[C@H]1OC(C)=O. The molecule has 1 aliphatic rings. The summed E-state index contributed by atoms with van der Waals surface area (Å²) in [6.07, 6.45) is 1.65. The Labute approximate surface area is 142 Å². The van der Waals surface area contributed by atoms with Crippen LogP contribution in [0.3, 0.4) is 0 Å². The Morgan fingerprint density at radius 2 is 2.16 bits per heavy atom. The number of aromatic nitrogens is 4. The fourth-order valence-electron chi connectivity index (χ4n) is 2.73. The number of nitrogens with two attached hydrogens (primary N) is 1. The highest BCUT2D eigenvalue weighted by Crippen LogP contribution is 2.33. The first kappa shape index (κ1) is 17.0. The van der Waals surface area contributed by atoms with E-state index in [1.807, 2.05) is 0 Å². The zero-order valence-corrected chi connectivity index (χ0v) is 13.7. The summed E-state index contributed by atoms with van der Waals surface area (Å²) in [5.41, 5.74) is 3.46. The maximum Gasteiger partial charge on any atom is 0.303 e. The van der Waals surface area contributed by atoms with Crippen LogP contribution in [0.5, 0.6) is 0 Å². The van der Waals surface area contributed by atoms with Gasteiger partial charge in [0.15, 0.2) is 17.0 Å². The number of carbonyl (C=O) groups is 2. The maximum atomic E-state index is 11.3. The second kappa shape index (κ2) is 6.99. The Kier molecular flexibility index (Phi) is 4.76. The van der Waals surface area contributed by atoms with Crippen molar-refractivity contribution in [2.75, 3.05) is 12.0 Å². The first-order chi connectivity index (χ1) is 12.0. The zero-order valence-electron chi connectivity index (χ0n) is 13.7. The highest BCUT2D eigenvalue weighted by Gasteiger charge is 2.39. The number of rotatable bonds is 5. The minimum absolute atomic E-state index is 0.0129. The lowest BCUT2D eigenvalue weighted by molar-refractivity contribution is -0.155. The van der Waals surface area contributed by atoms with Gasteiger partial charge in [0.05, 0.1) is 6.33 Å². The van der Waals surface area contributed by atoms with E-state index < -0.39 is 30.4 Å². The molecule has 3 heterocycles. The highest BCUT2D eigenvalue weighted by molar-refractivity contribution is 5.82. The Balaban J connectivity index is 1.85. The van der Waals surface area contributed by atoms with Crippen LogP contribution in [-0.4, -0.2) is 50.3 Å². The summed E-state index contributed by atoms with van der Waals surface area (Å²) in [6, 6.07) is 0. The van der Waals surface area contributed by atoms with Gasteiger partial charge >= 0.3 is 11.9 Å². The van der Waals surface area contributed by atoms with E-state index >= 15 is 0 Å². The van der Waals surface area contributed by atoms with Gasteiger partial charge in [-0.15, -0.1) is 0 Å². The van der Waals surface area contributed by atoms with E-state index in [0.29, 0.717) is 23.4 Å². The Morgan fingerprint density at radius 3 is 2.84 bits per heavy atom. The number of nitrogen functional groups attached to an aromatic ring is 1. The van der Waals surface area contributed by atoms with Crippen LogP contribution in [0.4, 0.5) is 5.82 Å². The van der Waals surface area contributed by atoms with Gasteiger partial charge in [-0.25, -0.2) is 20.8 Å². The minimum Gasteiger partial charge on any atom is -0.463 e. The molecule has 11 nitrogen and oxygen atoms in total. The molecule has 1 unspecified atom stereocenters. The molecule has 2 aromatic heterocycles. The van der Waals surface area contributed by atoms with E-state index in [1.54, 1.807) is 10.9 Å². The van der Waals surface area contributed by atoms with E-state index in [9.17, 15) is 9.59 Å². The summed E-state index contributed by atoms with van der Waals surface area (Å²) in [7, 11) is 0. The average Bonchev–Trinajstić information content (AvgIpc) is 3.15. The van der Waals surface area contributed by atoms with Crippen LogP contribution in [-0.2, 0) is 23.8 Å². The number of imidazole rings is 1. The van der Waals surface area contributed by atoms with E-state index in [-0.39, 0.29) is 6.61 Å². The number of ether oxygens (including phenoxy) is 3. The molecule has 0 amide bonds. The van der Waals surface area contributed by atoms with Gasteiger partial charge in [-0.2, -0.15) is 0 Å². The van der Waals surface area contributed by atoms with Gasteiger partial charge in [0.25, 0.3) is 0 Å². The molecule has 2 aromatic rings. The lowest BCUT2D eigenvalue weighted by atomic mass is 10.2. The van der Waals surface area contributed by atoms with Crippen molar-refractivity contribution in [2.45, 2.75) is 38.7 Å². The molecule has 25 heavy (non-hydrogen) atoms. The number of esters is 2. The van der Waals surface area contributed by atoms with Crippen molar-refractivity contribution in [2.24, 2.45) is 5.84 Å². The predicted molar refractivity (Wildman–Crippen MR) is 83.8 cm³/mol. The Hall–Kier alpha value is -2.79. The number of fused-ring (bicyclic) bond motifs is 1. The first-order valence-corrected chi connectivity index (χ1v) is 7.59. The quantitative estimate of drug-likeness (QED) is 0.426. The molecule has 3 N–H and O–H groups in total. The van der Waals surface area contributed by atoms with E-state index in [4.69, 9.17) is 20.1 Å². The molecule has 1 fully saturated rings. The monoisotopic (exact) mass is 350 g/mol. The second-order valence-electron chi connectivity index (χ2n) is 5.51. The Bertz CT molecular complexity index is 793. The molecule has 0 aliphatic carbocycles. The number of hydrogen-bond acceptors (Lipinski definition) is 10. The van der Waals surface area contributed by atoms with Crippen molar-refractivity contribution in [3.05, 3.63) is 12.7 Å². The van der Waals surface area contributed by atoms with Gasteiger partial charge in [0.1, 0.15) is 31.4 Å². The molecule has 3 atom stereocenters. The predicted octanol–water partition coefficient (Wildman–Crippen LogP) is -0.106. The van der Waals surface area contributed by atoms with E-state index in [1.165, 1.54) is 20.2 Å². The van der Waals surface area contributed by atoms with Gasteiger partial charge in [-0.05, 0) is 0 Å². The van der Waals surface area contributed by atoms with Crippen LogP contribution >= 0.6 is 0 Å². The van der Waals surface area contributed by atoms with Crippen molar-refractivity contribution < 1.29 is 23.8 Å². The van der Waals surface area contributed by atoms with Gasteiger partial charge in [-0.1, -0.05) is 0 Å². The molecule has 3 rings (SSSR count). The normalized spacial score (nSPS) is 22.8. The van der Waals surface area contributed by atoms with Crippen LogP contribution < -0.4 is 11.3 Å². The molecular weight excluding hydrogens is 332 g/mol. The van der Waals surface area contributed by atoms with Crippen molar-refractivity contribution in [1.82, 2.24) is 19.5 Å². The Morgan fingerprint density at radius 1 is 1.36 bits per heavy atom. The largest absolute Gasteiger partial charge is 0.463 e. The number of nitrogens with one attached hydrogen (secondary N) is 1. The topological polar surface area (TPSA) is 143 Å². The van der Waals surface area contributed by atoms with E-state index in [2.05, 4.69) is 20.4 Å². The summed E-state index contributed by atoms with van der Waals surface area (Å²) in [5.74, 6) is 4.93. The third-order valence-electron chi connectivity index (χ3n) is 3.75. The minimum atomic E-state index is -0.579. The summed E-state index contributed by atoms with van der Waals surface area (Å²) < 4.78 is 17.9. The number of anilines is 1. The summed E-state index contributed by atoms with van der Waals surface area (Å²) in [5, 5.41) is 0. The number of hydrazine groups is 1. The summed E-state index contributed by atoms with van der Waals surface area (Å²) >= 11 is 0. The first-order valence-electron chi connectivity index (χ1n) is 7.59. The van der Waals surface area contributed by atoms with Crippen LogP contribution in [0.1, 0.15) is 26.5 Å². The standard InChI is InChI=1S/C14H18N6O5/c1-7(21)23-4-10-9(24-8(2)22)3-11(25-10)20-6-18-12-13(19-15)16-5-17-14(12)20/h5-6,9-11H,3-4,15H2,1-2H3,(H,16,17,19)/t9-,10+,11?/m1/s1. The van der Waals surface area contributed by atoms with Crippen molar-refractivity contribution in [1.29, 1.82) is 0 Å². The van der Waals surface area contributed by atoms with Crippen LogP contribution in [0, 0.1) is 0 Å². The van der Waals surface area contributed by atoms with Gasteiger partial charge in [-0.3, -0.25) is 14.2 Å². The van der Waals surface area contributed by atoms with Crippen LogP contribution in [0.2, 0.25) is 0 Å². The molecule has 1 aliphatic heterocycles. The van der Waals surface area contributed by atoms with Crippen LogP contribution in [0.25, 0.3) is 11.2 Å². The van der Waals surface area contributed by atoms with Crippen molar-refractivity contribution in [3.63, 3.8) is 0 Å². The molecule has 0 aromatic carbocycles. The second-order valence-corrected chi connectivity index (χ2v) is 5.51. The molecule has 134 valence electrons. The third kappa shape index (κ3) is 3.51. The van der Waals surface area contributed by atoms with E-state index in [0.717, 1.165) is 0 Å². The molecule has 1 saturated heterocycles. The number of nitrogens with zero attached hydrogens (tertiary/aromatic N) is 4. The number of carbonyl (C=O) groups excluding carboxylic acids is 2. The van der Waals surface area contributed by atoms with Gasteiger partial charge in [0.2, 0.25) is 0 Å². The van der Waals surface area contributed by atoms with Crippen molar-refractivity contribution in [3.8, 4) is 0 Å². The van der Waals surface area contributed by atoms with Crippen molar-refractivity contribution >= 4 is 28.9 Å². The smallest absolute Gasteiger partial charge is 0.303 e. The fourth-order valence-corrected chi connectivity index (χ4v) is 2.73. The molecule has 11 heteroatoms. The lowest BCUT2D eigenvalue weighted by Crippen LogP contribution is -2.31. The number of hydrogen-bond donors (Lipinski definition) is 2. The van der Waals surface area contributed by atoms with Crippen LogP contribution in [0.15, 0.2) is 12.7 Å². The molecule has 0 radical (unpaired) electrons. The highest BCUT2D eigenvalue weighted by atomic mass is 16.6. The molecule has 0 bridgehead atoms. The zero-order chi connectivity index (χ0) is 18.0. The molecular formula is C14H18N6O5. The fraction of sp³-hybridized carbons (Fsp3) is 0.500. The third-order valence-corrected chi connectivity index (χ3v) is 3.75. The maximum absolute atomic E-state index is 11.3. The average molecular weight is 350 g/mol. The van der Waals surface area contributed by atoms with Gasteiger partial charge in [0, 0.05) is 20.3 Å². The summed E-state index contributed by atoms with van der Waals surface area (Å²) in [6.45, 7) is 2.60. The molecule has 0 saturated carbocycles. The summed E-state index contributed by atoms with van der Waals surface area (Å²) in [4.78, 5) is 34.8.